The molecule has 2 N–H and O–H groups in total. The van der Waals surface area contributed by atoms with Gasteiger partial charge in [-0.1, -0.05) is 23.7 Å². The molecule has 2 aromatic carbocycles. The molecule has 0 aliphatic carbocycles. The van der Waals surface area contributed by atoms with Crippen LogP contribution in [0.2, 0.25) is 5.02 Å². The van der Waals surface area contributed by atoms with Crippen LogP contribution in [0.1, 0.15) is 31.4 Å². The van der Waals surface area contributed by atoms with Gasteiger partial charge in [-0.2, -0.15) is 0 Å². The van der Waals surface area contributed by atoms with Gasteiger partial charge in [0.05, 0.1) is 18.2 Å². The molecule has 2 aromatic rings. The van der Waals surface area contributed by atoms with Crippen LogP contribution in [-0.2, 0) is 20.9 Å². The Morgan fingerprint density at radius 3 is 2.52 bits per heavy atom. The minimum Gasteiger partial charge on any atom is -0.495 e. The predicted molar refractivity (Wildman–Crippen MR) is 150 cm³/mol. The van der Waals surface area contributed by atoms with Gasteiger partial charge >= 0.3 is 0 Å². The zero-order valence-electron chi connectivity index (χ0n) is 22.8. The van der Waals surface area contributed by atoms with E-state index >= 15 is 0 Å². The summed E-state index contributed by atoms with van der Waals surface area (Å²) in [5, 5.41) is 13.1. The molecular formula is C29H34ClFN4O5. The molecule has 40 heavy (non-hydrogen) atoms. The second-order valence-corrected chi connectivity index (χ2v) is 10.6. The Labute approximate surface area is 238 Å². The van der Waals surface area contributed by atoms with E-state index in [9.17, 15) is 23.9 Å². The van der Waals surface area contributed by atoms with Crippen molar-refractivity contribution in [3.05, 3.63) is 64.4 Å². The quantitative estimate of drug-likeness (QED) is 0.494. The molecule has 0 spiro atoms. The second-order valence-electron chi connectivity index (χ2n) is 10.2. The topological polar surface area (TPSA) is 102 Å². The molecular weight excluding hydrogens is 539 g/mol. The highest BCUT2D eigenvalue weighted by Gasteiger charge is 2.37. The summed E-state index contributed by atoms with van der Waals surface area (Å²) in [4.78, 5) is 43.6. The number of piperazine rings is 1. The van der Waals surface area contributed by atoms with Crippen LogP contribution in [0.25, 0.3) is 6.08 Å². The maximum absolute atomic E-state index is 13.2. The van der Waals surface area contributed by atoms with Crippen molar-refractivity contribution in [1.29, 1.82) is 0 Å². The van der Waals surface area contributed by atoms with Gasteiger partial charge in [-0.05, 0) is 42.8 Å². The Bertz CT molecular complexity index is 1290. The molecule has 2 aliphatic heterocycles. The Kier molecular flexibility index (Phi) is 9.44. The van der Waals surface area contributed by atoms with Gasteiger partial charge in [0.15, 0.2) is 0 Å². The van der Waals surface area contributed by atoms with Crippen LogP contribution in [-0.4, -0.2) is 89.0 Å². The number of rotatable bonds is 7. The summed E-state index contributed by atoms with van der Waals surface area (Å²) in [7, 11) is 1.47. The number of hydrogen-bond donors (Lipinski definition) is 2. The number of aliphatic hydroxyl groups is 1. The van der Waals surface area contributed by atoms with Crippen molar-refractivity contribution in [2.45, 2.75) is 45.0 Å². The number of methoxy groups -OCH3 is 1. The lowest BCUT2D eigenvalue weighted by atomic mass is 10.1. The minimum absolute atomic E-state index is 0.0448. The van der Waals surface area contributed by atoms with Gasteiger partial charge in [0.25, 0.3) is 0 Å². The van der Waals surface area contributed by atoms with Gasteiger partial charge in [0.2, 0.25) is 17.7 Å². The molecule has 11 heteroatoms. The molecule has 2 aliphatic rings. The van der Waals surface area contributed by atoms with E-state index in [-0.39, 0.29) is 41.7 Å². The molecule has 0 unspecified atom stereocenters. The van der Waals surface area contributed by atoms with E-state index < -0.39 is 18.1 Å². The third-order valence-electron chi connectivity index (χ3n) is 7.29. The molecule has 0 saturated carbocycles. The number of halogens is 2. The molecule has 3 atom stereocenters. The molecule has 9 nitrogen and oxygen atoms in total. The SMILES string of the molecule is COc1cc(C=CC(=O)N2CCN(Cc3ccc(F)cc3)C[C@H]2C)c(NC(=O)[C@@H]2C[C@@H](O)CN2C(C)=O)cc1Cl. The lowest BCUT2D eigenvalue weighted by molar-refractivity contribution is -0.134. The first-order valence-corrected chi connectivity index (χ1v) is 13.5. The van der Waals surface area contributed by atoms with Crippen molar-refractivity contribution in [1.82, 2.24) is 14.7 Å². The van der Waals surface area contributed by atoms with E-state index in [1.807, 2.05) is 6.92 Å². The molecule has 0 aromatic heterocycles. The lowest BCUT2D eigenvalue weighted by Gasteiger charge is -2.39. The molecule has 0 radical (unpaired) electrons. The first kappa shape index (κ1) is 29.5. The van der Waals surface area contributed by atoms with Crippen LogP contribution in [0.3, 0.4) is 0 Å². The largest absolute Gasteiger partial charge is 0.495 e. The van der Waals surface area contributed by atoms with Gasteiger partial charge in [0.1, 0.15) is 17.6 Å². The second kappa shape index (κ2) is 12.8. The van der Waals surface area contributed by atoms with E-state index in [1.165, 1.54) is 43.2 Å². The van der Waals surface area contributed by atoms with Crippen molar-refractivity contribution < 1.29 is 28.6 Å². The number of anilines is 1. The molecule has 214 valence electrons. The van der Waals surface area contributed by atoms with Crippen molar-refractivity contribution in [3.8, 4) is 5.75 Å². The fourth-order valence-electron chi connectivity index (χ4n) is 5.21. The summed E-state index contributed by atoms with van der Waals surface area (Å²) in [6, 6.07) is 8.72. The molecule has 2 fully saturated rings. The highest BCUT2D eigenvalue weighted by atomic mass is 35.5. The standard InChI is InChI=1S/C29H34ClFN4O5/c1-18-15-33(16-20-4-7-22(31)8-5-20)10-11-34(18)28(38)9-6-21-12-27(40-3)24(30)14-25(21)32-29(39)26-13-23(37)17-35(26)19(2)36/h4-9,12,14,18,23,26,37H,10-11,13,15-17H2,1-3H3,(H,32,39)/t18-,23-,26+/m1/s1. The van der Waals surface area contributed by atoms with Gasteiger partial charge < -0.3 is 25.0 Å². The third-order valence-corrected chi connectivity index (χ3v) is 7.58. The van der Waals surface area contributed by atoms with Crippen LogP contribution >= 0.6 is 11.6 Å². The van der Waals surface area contributed by atoms with Gasteiger partial charge in [0, 0.05) is 69.4 Å². The van der Waals surface area contributed by atoms with Crippen LogP contribution in [0, 0.1) is 5.82 Å². The monoisotopic (exact) mass is 572 g/mol. The number of benzene rings is 2. The van der Waals surface area contributed by atoms with Gasteiger partial charge in [-0.3, -0.25) is 19.3 Å². The number of aliphatic hydroxyl groups excluding tert-OH is 1. The molecule has 0 bridgehead atoms. The Balaban J connectivity index is 1.45. The number of likely N-dealkylation sites (tertiary alicyclic amines) is 1. The summed E-state index contributed by atoms with van der Waals surface area (Å²) in [6.45, 7) is 5.99. The predicted octanol–water partition coefficient (Wildman–Crippen LogP) is 3.15. The van der Waals surface area contributed by atoms with E-state index in [0.29, 0.717) is 43.2 Å². The highest BCUT2D eigenvalue weighted by molar-refractivity contribution is 6.32. The van der Waals surface area contributed by atoms with Crippen LogP contribution in [0.4, 0.5) is 10.1 Å². The van der Waals surface area contributed by atoms with Crippen molar-refractivity contribution in [2.75, 3.05) is 38.6 Å². The van der Waals surface area contributed by atoms with Gasteiger partial charge in [-0.25, -0.2) is 4.39 Å². The number of carbonyl (C=O) groups is 3. The van der Waals surface area contributed by atoms with Crippen LogP contribution < -0.4 is 10.1 Å². The van der Waals surface area contributed by atoms with E-state index in [4.69, 9.17) is 16.3 Å². The summed E-state index contributed by atoms with van der Waals surface area (Å²) in [6.07, 6.45) is 2.39. The minimum atomic E-state index is -0.820. The fraction of sp³-hybridized carbons (Fsp3) is 0.414. The third kappa shape index (κ3) is 6.99. The number of nitrogens with zero attached hydrogens (tertiary/aromatic N) is 3. The van der Waals surface area contributed by atoms with E-state index in [1.54, 1.807) is 29.2 Å². The number of carbonyl (C=O) groups excluding carboxylic acids is 3. The van der Waals surface area contributed by atoms with Crippen molar-refractivity contribution in [2.24, 2.45) is 0 Å². The van der Waals surface area contributed by atoms with Gasteiger partial charge in [-0.15, -0.1) is 0 Å². The van der Waals surface area contributed by atoms with Crippen molar-refractivity contribution >= 4 is 41.1 Å². The Morgan fingerprint density at radius 2 is 1.88 bits per heavy atom. The maximum atomic E-state index is 13.2. The maximum Gasteiger partial charge on any atom is 0.247 e. The number of ether oxygens (including phenoxy) is 1. The zero-order chi connectivity index (χ0) is 29.0. The normalized spacial score (nSPS) is 21.6. The lowest BCUT2D eigenvalue weighted by Crippen LogP contribution is -2.53. The summed E-state index contributed by atoms with van der Waals surface area (Å²) >= 11 is 6.33. The number of β-amino-alcohol motifs (C(OH)–C–C–N with tert-alkyl or cyclic N) is 1. The van der Waals surface area contributed by atoms with E-state index in [0.717, 1.165) is 5.56 Å². The molecule has 3 amide bonds. The number of amides is 3. The molecule has 4 rings (SSSR count). The Hall–Kier alpha value is -3.47. The fourth-order valence-corrected chi connectivity index (χ4v) is 5.45. The summed E-state index contributed by atoms with van der Waals surface area (Å²) in [5.74, 6) is -0.837. The van der Waals surface area contributed by atoms with Crippen LogP contribution in [0.5, 0.6) is 5.75 Å². The highest BCUT2D eigenvalue weighted by Crippen LogP contribution is 2.33. The zero-order valence-corrected chi connectivity index (χ0v) is 23.5. The summed E-state index contributed by atoms with van der Waals surface area (Å²) < 4.78 is 18.5. The number of nitrogens with one attached hydrogen (secondary N) is 1. The summed E-state index contributed by atoms with van der Waals surface area (Å²) in [5.41, 5.74) is 1.86. The van der Waals surface area contributed by atoms with E-state index in [2.05, 4.69) is 10.2 Å². The average Bonchev–Trinajstić information content (AvgIpc) is 3.31. The first-order valence-electron chi connectivity index (χ1n) is 13.1. The number of hydrogen-bond acceptors (Lipinski definition) is 6. The van der Waals surface area contributed by atoms with Crippen LogP contribution in [0.15, 0.2) is 42.5 Å². The smallest absolute Gasteiger partial charge is 0.247 e. The molecule has 2 saturated heterocycles. The average molecular weight is 573 g/mol. The Morgan fingerprint density at radius 1 is 1.15 bits per heavy atom. The first-order chi connectivity index (χ1) is 19.0. The van der Waals surface area contributed by atoms with Crippen molar-refractivity contribution in [3.63, 3.8) is 0 Å². The molecule has 2 heterocycles.